The van der Waals surface area contributed by atoms with Gasteiger partial charge in [-0.15, -0.1) is 0 Å². The van der Waals surface area contributed by atoms with E-state index in [0.29, 0.717) is 0 Å². The van der Waals surface area contributed by atoms with Crippen LogP contribution in [0.15, 0.2) is 36.4 Å². The van der Waals surface area contributed by atoms with E-state index in [2.05, 4.69) is 39.8 Å². The summed E-state index contributed by atoms with van der Waals surface area (Å²) in [6, 6.07) is 12.2. The van der Waals surface area contributed by atoms with Crippen molar-refractivity contribution in [1.29, 1.82) is 0 Å². The summed E-state index contributed by atoms with van der Waals surface area (Å²) in [5.74, 6) is 2.85. The first-order chi connectivity index (χ1) is 11.4. The Morgan fingerprint density at radius 1 is 0.958 bits per heavy atom. The number of ether oxygens (including phenoxy) is 3. The second kappa shape index (κ2) is 6.29. The molecule has 0 fully saturated rings. The van der Waals surface area contributed by atoms with E-state index in [4.69, 9.17) is 14.2 Å². The zero-order valence-electron chi connectivity index (χ0n) is 15.2. The van der Waals surface area contributed by atoms with Crippen LogP contribution >= 0.6 is 7.92 Å². The molecule has 0 aromatic heterocycles. The second-order valence-electron chi connectivity index (χ2n) is 6.95. The molecule has 0 aliphatic carbocycles. The van der Waals surface area contributed by atoms with Gasteiger partial charge in [-0.05, 0) is 38.2 Å². The van der Waals surface area contributed by atoms with E-state index in [0.717, 1.165) is 28.4 Å². The summed E-state index contributed by atoms with van der Waals surface area (Å²) >= 11 is 0. The molecule has 0 amide bonds. The summed E-state index contributed by atoms with van der Waals surface area (Å²) in [6.07, 6.45) is 0. The standard InChI is InChI=1S/C20H25O3P/c1-13-23-17-12-7-9-14(19(17)24(13)20(2,3)4)18-15(21-5)10-8-11-16(18)22-6/h7-13H,1-6H3/t13-,24-/m0/s1. The average molecular weight is 344 g/mol. The van der Waals surface area contributed by atoms with Crippen molar-refractivity contribution in [3.63, 3.8) is 0 Å². The van der Waals surface area contributed by atoms with Gasteiger partial charge in [-0.2, -0.15) is 0 Å². The molecular formula is C20H25O3P. The van der Waals surface area contributed by atoms with Crippen LogP contribution in [0.1, 0.15) is 27.7 Å². The molecule has 1 heterocycles. The van der Waals surface area contributed by atoms with Crippen LogP contribution in [-0.2, 0) is 0 Å². The minimum atomic E-state index is -0.476. The van der Waals surface area contributed by atoms with E-state index in [1.807, 2.05) is 24.3 Å². The van der Waals surface area contributed by atoms with Gasteiger partial charge in [0, 0.05) is 10.9 Å². The molecule has 0 N–H and O–H groups in total. The molecule has 0 bridgehead atoms. The van der Waals surface area contributed by atoms with E-state index >= 15 is 0 Å². The van der Waals surface area contributed by atoms with Gasteiger partial charge in [0.2, 0.25) is 0 Å². The molecule has 0 saturated carbocycles. The number of hydrogen-bond acceptors (Lipinski definition) is 3. The molecule has 0 spiro atoms. The lowest BCUT2D eigenvalue weighted by molar-refractivity contribution is 0.313. The molecule has 128 valence electrons. The van der Waals surface area contributed by atoms with E-state index in [1.165, 1.54) is 5.30 Å². The highest BCUT2D eigenvalue weighted by Gasteiger charge is 2.41. The monoisotopic (exact) mass is 344 g/mol. The molecular weight excluding hydrogens is 319 g/mol. The van der Waals surface area contributed by atoms with Crippen molar-refractivity contribution >= 4 is 13.2 Å². The third kappa shape index (κ3) is 2.75. The molecule has 24 heavy (non-hydrogen) atoms. The Hall–Kier alpha value is -1.73. The maximum atomic E-state index is 6.20. The predicted octanol–water partition coefficient (Wildman–Crippen LogP) is 5.01. The van der Waals surface area contributed by atoms with Gasteiger partial charge < -0.3 is 14.2 Å². The summed E-state index contributed by atoms with van der Waals surface area (Å²) in [7, 11) is 2.93. The van der Waals surface area contributed by atoms with Crippen molar-refractivity contribution in [2.75, 3.05) is 14.2 Å². The summed E-state index contributed by atoms with van der Waals surface area (Å²) in [5, 5.41) is 1.47. The van der Waals surface area contributed by atoms with Crippen LogP contribution in [0.5, 0.6) is 17.2 Å². The summed E-state index contributed by atoms with van der Waals surface area (Å²) in [6.45, 7) is 9.07. The lowest BCUT2D eigenvalue weighted by Crippen LogP contribution is -2.23. The van der Waals surface area contributed by atoms with Crippen LogP contribution in [0.4, 0.5) is 0 Å². The van der Waals surface area contributed by atoms with Crippen molar-refractivity contribution in [2.45, 2.75) is 38.7 Å². The van der Waals surface area contributed by atoms with E-state index in [-0.39, 0.29) is 11.0 Å². The Balaban J connectivity index is 2.29. The lowest BCUT2D eigenvalue weighted by atomic mass is 10.0. The molecule has 0 saturated heterocycles. The fourth-order valence-electron chi connectivity index (χ4n) is 3.48. The molecule has 1 aliphatic heterocycles. The van der Waals surface area contributed by atoms with Gasteiger partial charge in [0.1, 0.15) is 23.1 Å². The average Bonchev–Trinajstić information content (AvgIpc) is 2.89. The SMILES string of the molecule is COc1cccc(OC)c1-c1cccc2c1[P@@](C(C)(C)C)[C@@H](C)O2. The number of hydrogen-bond donors (Lipinski definition) is 0. The van der Waals surface area contributed by atoms with Gasteiger partial charge >= 0.3 is 0 Å². The highest BCUT2D eigenvalue weighted by molar-refractivity contribution is 7.68. The first kappa shape index (κ1) is 17.1. The summed E-state index contributed by atoms with van der Waals surface area (Å²) in [4.78, 5) is 0. The van der Waals surface area contributed by atoms with E-state index in [1.54, 1.807) is 14.2 Å². The Bertz CT molecular complexity index is 727. The van der Waals surface area contributed by atoms with Crippen LogP contribution in [-0.4, -0.2) is 25.2 Å². The zero-order chi connectivity index (χ0) is 17.5. The van der Waals surface area contributed by atoms with Gasteiger partial charge in [-0.25, -0.2) is 0 Å². The topological polar surface area (TPSA) is 27.7 Å². The number of methoxy groups -OCH3 is 2. The second-order valence-corrected chi connectivity index (χ2v) is 10.2. The highest BCUT2D eigenvalue weighted by atomic mass is 31.1. The lowest BCUT2D eigenvalue weighted by Gasteiger charge is -2.31. The number of benzene rings is 2. The van der Waals surface area contributed by atoms with Crippen molar-refractivity contribution in [1.82, 2.24) is 0 Å². The molecule has 3 rings (SSSR count). The summed E-state index contributed by atoms with van der Waals surface area (Å²) < 4.78 is 17.5. The van der Waals surface area contributed by atoms with Gasteiger partial charge in [0.05, 0.1) is 19.8 Å². The van der Waals surface area contributed by atoms with Crippen molar-refractivity contribution in [2.24, 2.45) is 0 Å². The molecule has 1 aliphatic rings. The highest BCUT2D eigenvalue weighted by Crippen LogP contribution is 2.60. The first-order valence-electron chi connectivity index (χ1n) is 8.19. The maximum Gasteiger partial charge on any atom is 0.130 e. The van der Waals surface area contributed by atoms with Gasteiger partial charge in [0.15, 0.2) is 0 Å². The zero-order valence-corrected chi connectivity index (χ0v) is 16.1. The largest absolute Gasteiger partial charge is 0.496 e. The Kier molecular flexibility index (Phi) is 4.48. The van der Waals surface area contributed by atoms with Crippen molar-refractivity contribution < 1.29 is 14.2 Å². The predicted molar refractivity (Wildman–Crippen MR) is 101 cm³/mol. The normalized spacial score (nSPS) is 19.6. The van der Waals surface area contributed by atoms with Crippen LogP contribution in [0.2, 0.25) is 0 Å². The number of fused-ring (bicyclic) bond motifs is 1. The Morgan fingerprint density at radius 3 is 2.08 bits per heavy atom. The smallest absolute Gasteiger partial charge is 0.130 e. The fraction of sp³-hybridized carbons (Fsp3) is 0.400. The molecule has 4 heteroatoms. The Morgan fingerprint density at radius 2 is 1.54 bits per heavy atom. The minimum absolute atomic E-state index is 0.158. The van der Waals surface area contributed by atoms with Crippen molar-refractivity contribution in [3.05, 3.63) is 36.4 Å². The number of rotatable bonds is 3. The first-order valence-corrected chi connectivity index (χ1v) is 9.60. The van der Waals surface area contributed by atoms with Gasteiger partial charge in [-0.1, -0.05) is 39.0 Å². The maximum absolute atomic E-state index is 6.20. The Labute approximate surface area is 145 Å². The minimum Gasteiger partial charge on any atom is -0.496 e. The third-order valence-corrected chi connectivity index (χ3v) is 7.54. The van der Waals surface area contributed by atoms with Gasteiger partial charge in [-0.3, -0.25) is 0 Å². The molecule has 3 nitrogen and oxygen atoms in total. The quantitative estimate of drug-likeness (QED) is 0.732. The van der Waals surface area contributed by atoms with Crippen LogP contribution in [0, 0.1) is 0 Å². The molecule has 2 aromatic carbocycles. The fourth-order valence-corrected chi connectivity index (χ4v) is 6.64. The molecule has 0 unspecified atom stereocenters. The summed E-state index contributed by atoms with van der Waals surface area (Å²) in [5.41, 5.74) is 2.17. The third-order valence-electron chi connectivity index (χ3n) is 4.32. The van der Waals surface area contributed by atoms with Gasteiger partial charge in [0.25, 0.3) is 0 Å². The van der Waals surface area contributed by atoms with E-state index < -0.39 is 7.92 Å². The molecule has 0 radical (unpaired) electrons. The van der Waals surface area contributed by atoms with Crippen molar-refractivity contribution in [3.8, 4) is 28.4 Å². The van der Waals surface area contributed by atoms with Crippen LogP contribution < -0.4 is 19.5 Å². The van der Waals surface area contributed by atoms with E-state index in [9.17, 15) is 0 Å². The molecule has 2 aromatic rings. The van der Waals surface area contributed by atoms with Crippen LogP contribution in [0.25, 0.3) is 11.1 Å². The van der Waals surface area contributed by atoms with Crippen LogP contribution in [0.3, 0.4) is 0 Å². The molecule has 2 atom stereocenters.